The van der Waals surface area contributed by atoms with Crippen LogP contribution in [0.4, 0.5) is 0 Å². The van der Waals surface area contributed by atoms with Gasteiger partial charge in [-0.1, -0.05) is 24.3 Å². The summed E-state index contributed by atoms with van der Waals surface area (Å²) in [6.07, 6.45) is 6.47. The first-order chi connectivity index (χ1) is 11.2. The number of hydrogen-bond donors (Lipinski definition) is 2. The lowest BCUT2D eigenvalue weighted by molar-refractivity contribution is 0.219. The third-order valence-corrected chi connectivity index (χ3v) is 3.60. The van der Waals surface area contributed by atoms with Crippen molar-refractivity contribution >= 4 is 29.9 Å². The molecule has 1 atom stereocenters. The Balaban J connectivity index is 0.00000288. The molecule has 134 valence electrons. The molecule has 2 rings (SSSR count). The molecule has 1 aliphatic carbocycles. The van der Waals surface area contributed by atoms with Gasteiger partial charge in [-0.2, -0.15) is 0 Å². The second-order valence-electron chi connectivity index (χ2n) is 5.58. The van der Waals surface area contributed by atoms with Crippen molar-refractivity contribution in [1.82, 2.24) is 10.6 Å². The summed E-state index contributed by atoms with van der Waals surface area (Å²) >= 11 is 0. The second kappa shape index (κ2) is 11.2. The van der Waals surface area contributed by atoms with Gasteiger partial charge >= 0.3 is 0 Å². The molecule has 0 aliphatic heterocycles. The largest absolute Gasteiger partial charge is 0.493 e. The molecule has 0 bridgehead atoms. The van der Waals surface area contributed by atoms with Crippen molar-refractivity contribution in [1.29, 1.82) is 0 Å². The molecule has 24 heavy (non-hydrogen) atoms. The van der Waals surface area contributed by atoms with Crippen LogP contribution in [0.25, 0.3) is 0 Å². The van der Waals surface area contributed by atoms with Crippen molar-refractivity contribution in [2.24, 2.45) is 4.99 Å². The first kappa shape index (κ1) is 20.6. The van der Waals surface area contributed by atoms with Gasteiger partial charge in [0.05, 0.1) is 13.7 Å². The molecule has 1 aliphatic rings. The van der Waals surface area contributed by atoms with Crippen LogP contribution in [-0.2, 0) is 0 Å². The lowest BCUT2D eigenvalue weighted by atomic mass is 10.2. The molecule has 0 saturated carbocycles. The van der Waals surface area contributed by atoms with Gasteiger partial charge in [-0.05, 0) is 38.8 Å². The van der Waals surface area contributed by atoms with Gasteiger partial charge in [-0.15, -0.1) is 24.0 Å². The monoisotopic (exact) mass is 445 g/mol. The van der Waals surface area contributed by atoms with E-state index in [4.69, 9.17) is 9.47 Å². The lowest BCUT2D eigenvalue weighted by Gasteiger charge is -2.19. The number of halogens is 1. The zero-order chi connectivity index (χ0) is 16.5. The summed E-state index contributed by atoms with van der Waals surface area (Å²) in [7, 11) is 1.65. The van der Waals surface area contributed by atoms with E-state index in [-0.39, 0.29) is 30.1 Å². The van der Waals surface area contributed by atoms with E-state index in [0.29, 0.717) is 12.6 Å². The Morgan fingerprint density at radius 1 is 1.25 bits per heavy atom. The number of rotatable bonds is 7. The summed E-state index contributed by atoms with van der Waals surface area (Å²) in [5.41, 5.74) is 0. The molecular weight excluding hydrogens is 417 g/mol. The molecule has 1 aromatic carbocycles. The highest BCUT2D eigenvalue weighted by Gasteiger charge is 2.12. The van der Waals surface area contributed by atoms with Gasteiger partial charge in [0.15, 0.2) is 17.5 Å². The van der Waals surface area contributed by atoms with E-state index in [1.807, 2.05) is 31.2 Å². The topological polar surface area (TPSA) is 54.9 Å². The standard InChI is InChI=1S/C18H27N3O2.HI/c1-4-19-18(21-15-9-5-6-10-15)20-13-14(2)23-17-12-8-7-11-16(17)22-3;/h5-8,11-12,14-15H,4,9-10,13H2,1-3H3,(H2,19,20,21);1H. The maximum atomic E-state index is 5.93. The van der Waals surface area contributed by atoms with E-state index in [2.05, 4.69) is 34.7 Å². The predicted octanol–water partition coefficient (Wildman–Crippen LogP) is 3.35. The number of nitrogens with zero attached hydrogens (tertiary/aromatic N) is 1. The molecule has 0 spiro atoms. The molecule has 0 aromatic heterocycles. The minimum atomic E-state index is -0.0385. The molecular formula is C18H28IN3O2. The Labute approximate surface area is 161 Å². The third kappa shape index (κ3) is 6.59. The van der Waals surface area contributed by atoms with E-state index in [0.717, 1.165) is 36.8 Å². The number of hydrogen-bond acceptors (Lipinski definition) is 3. The highest BCUT2D eigenvalue weighted by Crippen LogP contribution is 2.26. The van der Waals surface area contributed by atoms with Gasteiger partial charge in [-0.25, -0.2) is 4.99 Å². The normalized spacial score (nSPS) is 15.5. The zero-order valence-electron chi connectivity index (χ0n) is 14.6. The average Bonchev–Trinajstić information content (AvgIpc) is 3.06. The lowest BCUT2D eigenvalue weighted by Crippen LogP contribution is -2.43. The number of benzene rings is 1. The fourth-order valence-electron chi connectivity index (χ4n) is 2.44. The molecule has 0 radical (unpaired) electrons. The van der Waals surface area contributed by atoms with Crippen LogP contribution in [-0.4, -0.2) is 38.3 Å². The first-order valence-electron chi connectivity index (χ1n) is 8.22. The fraction of sp³-hybridized carbons (Fsp3) is 0.500. The first-order valence-corrected chi connectivity index (χ1v) is 8.22. The van der Waals surface area contributed by atoms with Crippen molar-refractivity contribution in [3.05, 3.63) is 36.4 Å². The number of ether oxygens (including phenoxy) is 2. The molecule has 0 heterocycles. The van der Waals surface area contributed by atoms with E-state index >= 15 is 0 Å². The van der Waals surface area contributed by atoms with E-state index in [9.17, 15) is 0 Å². The molecule has 2 N–H and O–H groups in total. The van der Waals surface area contributed by atoms with Crippen molar-refractivity contribution in [3.63, 3.8) is 0 Å². The Morgan fingerprint density at radius 3 is 2.54 bits per heavy atom. The zero-order valence-corrected chi connectivity index (χ0v) is 16.9. The number of para-hydroxylation sites is 2. The van der Waals surface area contributed by atoms with Gasteiger partial charge in [0, 0.05) is 12.6 Å². The SMILES string of the molecule is CCNC(=NCC(C)Oc1ccccc1OC)NC1CC=CC1.I. The Bertz CT molecular complexity index is 541. The van der Waals surface area contributed by atoms with Crippen LogP contribution in [0.3, 0.4) is 0 Å². The van der Waals surface area contributed by atoms with Crippen LogP contribution in [0.5, 0.6) is 11.5 Å². The number of aliphatic imine (C=N–C) groups is 1. The molecule has 6 heteroatoms. The number of nitrogens with one attached hydrogen (secondary N) is 2. The summed E-state index contributed by atoms with van der Waals surface area (Å²) in [6.45, 7) is 5.50. The Kier molecular flexibility index (Phi) is 9.59. The van der Waals surface area contributed by atoms with E-state index in [1.54, 1.807) is 7.11 Å². The molecule has 0 amide bonds. The maximum Gasteiger partial charge on any atom is 0.191 e. The second-order valence-corrected chi connectivity index (χ2v) is 5.58. The predicted molar refractivity (Wildman–Crippen MR) is 110 cm³/mol. The Hall–Kier alpha value is -1.44. The van der Waals surface area contributed by atoms with Crippen LogP contribution >= 0.6 is 24.0 Å². The van der Waals surface area contributed by atoms with Crippen LogP contribution in [0.2, 0.25) is 0 Å². The van der Waals surface area contributed by atoms with Crippen molar-refractivity contribution in [2.75, 3.05) is 20.2 Å². The Morgan fingerprint density at radius 2 is 1.92 bits per heavy atom. The van der Waals surface area contributed by atoms with Gasteiger partial charge in [0.1, 0.15) is 6.10 Å². The average molecular weight is 445 g/mol. The highest BCUT2D eigenvalue weighted by atomic mass is 127. The summed E-state index contributed by atoms with van der Waals surface area (Å²) in [5, 5.41) is 6.74. The van der Waals surface area contributed by atoms with Crippen LogP contribution in [0.15, 0.2) is 41.4 Å². The van der Waals surface area contributed by atoms with Crippen LogP contribution in [0, 0.1) is 0 Å². The van der Waals surface area contributed by atoms with Crippen molar-refractivity contribution in [2.45, 2.75) is 38.8 Å². The summed E-state index contributed by atoms with van der Waals surface area (Å²) in [5.74, 6) is 2.33. The molecule has 0 fully saturated rings. The quantitative estimate of drug-likeness (QED) is 0.293. The van der Waals surface area contributed by atoms with E-state index in [1.165, 1.54) is 0 Å². The summed E-state index contributed by atoms with van der Waals surface area (Å²) < 4.78 is 11.2. The van der Waals surface area contributed by atoms with Crippen LogP contribution in [0.1, 0.15) is 26.7 Å². The van der Waals surface area contributed by atoms with Gasteiger partial charge in [0.2, 0.25) is 0 Å². The molecule has 5 nitrogen and oxygen atoms in total. The number of methoxy groups -OCH3 is 1. The van der Waals surface area contributed by atoms with Crippen LogP contribution < -0.4 is 20.1 Å². The van der Waals surface area contributed by atoms with Gasteiger partial charge in [-0.3, -0.25) is 0 Å². The number of guanidine groups is 1. The van der Waals surface area contributed by atoms with Crippen molar-refractivity contribution in [3.8, 4) is 11.5 Å². The van der Waals surface area contributed by atoms with Gasteiger partial charge < -0.3 is 20.1 Å². The summed E-state index contributed by atoms with van der Waals surface area (Å²) in [4.78, 5) is 4.63. The highest BCUT2D eigenvalue weighted by molar-refractivity contribution is 14.0. The van der Waals surface area contributed by atoms with Gasteiger partial charge in [0.25, 0.3) is 0 Å². The third-order valence-electron chi connectivity index (χ3n) is 3.60. The molecule has 1 unspecified atom stereocenters. The van der Waals surface area contributed by atoms with E-state index < -0.39 is 0 Å². The minimum Gasteiger partial charge on any atom is -0.493 e. The minimum absolute atomic E-state index is 0. The maximum absolute atomic E-state index is 5.93. The molecule has 1 aromatic rings. The fourth-order valence-corrected chi connectivity index (χ4v) is 2.44. The van der Waals surface area contributed by atoms with Crippen molar-refractivity contribution < 1.29 is 9.47 Å². The smallest absolute Gasteiger partial charge is 0.191 e. The molecule has 0 saturated heterocycles. The summed E-state index contributed by atoms with van der Waals surface area (Å²) in [6, 6.07) is 8.11.